The van der Waals surface area contributed by atoms with Gasteiger partial charge in [-0.25, -0.2) is 0 Å². The van der Waals surface area contributed by atoms with Gasteiger partial charge in [0.1, 0.15) is 0 Å². The Balaban J connectivity index is 3.23. The molecule has 0 aliphatic heterocycles. The summed E-state index contributed by atoms with van der Waals surface area (Å²) in [4.78, 5) is 0. The smallest absolute Gasteiger partial charge is 0.356 e. The molecule has 0 aromatic heterocycles. The Bertz CT molecular complexity index is 100. The van der Waals surface area contributed by atoms with Crippen LogP contribution in [0, 0.1) is 0 Å². The molecule has 0 heterocycles. The maximum Gasteiger partial charge on any atom is 0.356 e. The van der Waals surface area contributed by atoms with E-state index in [1.807, 2.05) is 0 Å². The normalized spacial score (nSPS) is 16.4. The van der Waals surface area contributed by atoms with Crippen LogP contribution in [0.1, 0.15) is 32.6 Å². The second-order valence-electron chi connectivity index (χ2n) is 2.65. The first-order valence-corrected chi connectivity index (χ1v) is 10.3. The van der Waals surface area contributed by atoms with Gasteiger partial charge in [-0.2, -0.15) is 0 Å². The predicted molar refractivity (Wildman–Crippen MR) is 61.6 cm³/mol. The van der Waals surface area contributed by atoms with Crippen molar-refractivity contribution in [3.63, 3.8) is 0 Å². The molecule has 0 aromatic rings. The zero-order valence-electron chi connectivity index (χ0n) is 7.20. The molecule has 0 N–H and O–H groups in total. The topological polar surface area (TPSA) is 9.23 Å². The Hall–Kier alpha value is 1.20. The van der Waals surface area contributed by atoms with Crippen LogP contribution < -0.4 is 0 Å². The fourth-order valence-electron chi connectivity index (χ4n) is 0.860. The lowest BCUT2D eigenvalue weighted by Crippen LogP contribution is -2.20. The largest absolute Gasteiger partial charge is 0.399 e. The van der Waals surface area contributed by atoms with Crippen molar-refractivity contribution in [2.45, 2.75) is 38.7 Å². The molecule has 0 radical (unpaired) electrons. The van der Waals surface area contributed by atoms with Gasteiger partial charge < -0.3 is 4.43 Å². The summed E-state index contributed by atoms with van der Waals surface area (Å²) in [6.45, 7) is 2.21. The van der Waals surface area contributed by atoms with Crippen LogP contribution >= 0.6 is 32.9 Å². The maximum atomic E-state index is 6.10. The highest BCUT2D eigenvalue weighted by Gasteiger charge is 2.26. The molecule has 0 aliphatic carbocycles. The molecular weight excluding hydrogens is 291 g/mol. The third-order valence-corrected chi connectivity index (χ3v) is 7.12. The molecule has 0 saturated heterocycles. The summed E-state index contributed by atoms with van der Waals surface area (Å²) in [5.41, 5.74) is 0. The molecule has 11 heavy (non-hydrogen) atoms. The van der Waals surface area contributed by atoms with E-state index in [1.54, 1.807) is 7.11 Å². The van der Waals surface area contributed by atoms with E-state index >= 15 is 0 Å². The first-order chi connectivity index (χ1) is 5.12. The summed E-state index contributed by atoms with van der Waals surface area (Å²) in [5.74, 6) is 0. The predicted octanol–water partition coefficient (Wildman–Crippen LogP) is 3.83. The van der Waals surface area contributed by atoms with Crippen LogP contribution in [0.3, 0.4) is 0 Å². The van der Waals surface area contributed by atoms with Crippen LogP contribution in [-0.4, -0.2) is 12.2 Å². The minimum absolute atomic E-state index is 1.08. The van der Waals surface area contributed by atoms with Gasteiger partial charge in [-0.3, -0.25) is 0 Å². The van der Waals surface area contributed by atoms with E-state index in [-0.39, 0.29) is 0 Å². The lowest BCUT2D eigenvalue weighted by Gasteiger charge is -2.13. The van der Waals surface area contributed by atoms with Crippen LogP contribution in [0.25, 0.3) is 0 Å². The summed E-state index contributed by atoms with van der Waals surface area (Å²) in [6.07, 6.45) is 5.12. The Morgan fingerprint density at radius 2 is 2.00 bits per heavy atom. The summed E-state index contributed by atoms with van der Waals surface area (Å²) >= 11 is 8.38. The Morgan fingerprint density at radius 3 is 2.45 bits per heavy atom. The minimum Gasteiger partial charge on any atom is -0.399 e. The van der Waals surface area contributed by atoms with E-state index in [0.29, 0.717) is 0 Å². The lowest BCUT2D eigenvalue weighted by molar-refractivity contribution is 0.429. The number of halogens is 2. The molecule has 0 aromatic carbocycles. The van der Waals surface area contributed by atoms with Crippen molar-refractivity contribution < 1.29 is 4.43 Å². The maximum absolute atomic E-state index is 6.10. The SMILES string of the molecule is CCCCCC[Si](Cl)(I)OC. The summed E-state index contributed by atoms with van der Waals surface area (Å²) in [7, 11) is 1.71. The molecule has 1 atom stereocenters. The molecule has 0 amide bonds. The monoisotopic (exact) mass is 306 g/mol. The van der Waals surface area contributed by atoms with Crippen molar-refractivity contribution in [1.82, 2.24) is 0 Å². The standard InChI is InChI=1S/C7H16ClIOSi/c1-3-4-5-6-7-11(8,9)10-2/h3-7H2,1-2H3. The van der Waals surface area contributed by atoms with Crippen molar-refractivity contribution in [2.75, 3.05) is 7.11 Å². The van der Waals surface area contributed by atoms with Crippen molar-refractivity contribution in [2.24, 2.45) is 0 Å². The van der Waals surface area contributed by atoms with E-state index in [4.69, 9.17) is 15.5 Å². The van der Waals surface area contributed by atoms with Crippen LogP contribution in [-0.2, 0) is 4.43 Å². The average molecular weight is 307 g/mol. The molecule has 0 spiro atoms. The van der Waals surface area contributed by atoms with Crippen molar-refractivity contribution in [3.05, 3.63) is 0 Å². The molecule has 0 rings (SSSR count). The van der Waals surface area contributed by atoms with Gasteiger partial charge in [0.2, 0.25) is 0 Å². The number of hydrogen-bond donors (Lipinski definition) is 0. The second kappa shape index (κ2) is 6.68. The molecule has 0 aliphatic rings. The van der Waals surface area contributed by atoms with Gasteiger partial charge in [-0.05, 0) is 6.04 Å². The molecule has 0 bridgehead atoms. The van der Waals surface area contributed by atoms with E-state index in [9.17, 15) is 0 Å². The number of rotatable bonds is 6. The van der Waals surface area contributed by atoms with Gasteiger partial charge in [0, 0.05) is 7.11 Å². The van der Waals surface area contributed by atoms with Crippen molar-refractivity contribution in [1.29, 1.82) is 0 Å². The van der Waals surface area contributed by atoms with Gasteiger partial charge in [0.05, 0.1) is 0 Å². The van der Waals surface area contributed by atoms with E-state index in [2.05, 4.69) is 28.7 Å². The molecule has 0 saturated carbocycles. The van der Waals surface area contributed by atoms with Gasteiger partial charge in [0.15, 0.2) is 0 Å². The summed E-state index contributed by atoms with van der Waals surface area (Å²) in [5, 5.41) is -1.79. The van der Waals surface area contributed by atoms with Crippen LogP contribution in [0.4, 0.5) is 0 Å². The van der Waals surface area contributed by atoms with Crippen molar-refractivity contribution in [3.8, 4) is 0 Å². The third-order valence-electron chi connectivity index (χ3n) is 1.62. The second-order valence-corrected chi connectivity index (χ2v) is 13.8. The molecule has 4 heteroatoms. The zero-order valence-corrected chi connectivity index (χ0v) is 11.1. The minimum atomic E-state index is -1.79. The van der Waals surface area contributed by atoms with Crippen LogP contribution in [0.5, 0.6) is 0 Å². The van der Waals surface area contributed by atoms with Gasteiger partial charge in [-0.15, -0.1) is 11.1 Å². The van der Waals surface area contributed by atoms with Gasteiger partial charge >= 0.3 is 5.12 Å². The Morgan fingerprint density at radius 1 is 1.36 bits per heavy atom. The van der Waals surface area contributed by atoms with Crippen LogP contribution in [0.15, 0.2) is 0 Å². The van der Waals surface area contributed by atoms with Gasteiger partial charge in [0.25, 0.3) is 0 Å². The molecule has 68 valence electrons. The first-order valence-electron chi connectivity index (χ1n) is 4.05. The number of unbranched alkanes of at least 4 members (excludes halogenated alkanes) is 3. The number of hydrogen-bond acceptors (Lipinski definition) is 1. The molecule has 0 fully saturated rings. The third kappa shape index (κ3) is 7.55. The molecule has 1 unspecified atom stereocenters. The lowest BCUT2D eigenvalue weighted by atomic mass is 10.2. The summed E-state index contributed by atoms with van der Waals surface area (Å²) < 4.78 is 5.21. The average Bonchev–Trinajstić information content (AvgIpc) is 1.99. The highest BCUT2D eigenvalue weighted by molar-refractivity contribution is 14.1. The van der Waals surface area contributed by atoms with E-state index in [0.717, 1.165) is 6.04 Å². The van der Waals surface area contributed by atoms with Crippen LogP contribution in [0.2, 0.25) is 6.04 Å². The highest BCUT2D eigenvalue weighted by Crippen LogP contribution is 2.26. The summed E-state index contributed by atoms with van der Waals surface area (Å²) in [6, 6.07) is 1.08. The molecular formula is C7H16ClIOSi. The fraction of sp³-hybridized carbons (Fsp3) is 1.00. The van der Waals surface area contributed by atoms with Crippen molar-refractivity contribution >= 4 is 38.0 Å². The quantitative estimate of drug-likeness (QED) is 0.314. The Labute approximate surface area is 87.9 Å². The van der Waals surface area contributed by atoms with Gasteiger partial charge in [-0.1, -0.05) is 54.4 Å². The Kier molecular flexibility index (Phi) is 7.41. The highest BCUT2D eigenvalue weighted by atomic mass is 127. The fourth-order valence-corrected chi connectivity index (χ4v) is 3.27. The van der Waals surface area contributed by atoms with E-state index in [1.165, 1.54) is 25.7 Å². The van der Waals surface area contributed by atoms with E-state index < -0.39 is 5.12 Å². The molecule has 1 nitrogen and oxygen atoms in total. The first kappa shape index (κ1) is 12.2. The zero-order chi connectivity index (χ0) is 8.74.